The molecule has 0 N–H and O–H groups in total. The molecule has 1 aromatic rings. The fourth-order valence-electron chi connectivity index (χ4n) is 3.64. The first-order valence-corrected chi connectivity index (χ1v) is 8.90. The summed E-state index contributed by atoms with van der Waals surface area (Å²) in [6.07, 6.45) is 1.83. The van der Waals surface area contributed by atoms with Crippen molar-refractivity contribution in [1.29, 1.82) is 0 Å². The summed E-state index contributed by atoms with van der Waals surface area (Å²) in [5.41, 5.74) is 2.52. The third-order valence-electron chi connectivity index (χ3n) is 5.28. The third-order valence-corrected chi connectivity index (χ3v) is 5.28. The zero-order valence-electron chi connectivity index (χ0n) is 14.7. The van der Waals surface area contributed by atoms with Crippen molar-refractivity contribution in [3.05, 3.63) is 29.8 Å². The van der Waals surface area contributed by atoms with E-state index in [0.29, 0.717) is 26.2 Å². The van der Waals surface area contributed by atoms with Crippen molar-refractivity contribution in [1.82, 2.24) is 9.80 Å². The van der Waals surface area contributed by atoms with Gasteiger partial charge in [0.25, 0.3) is 0 Å². The highest BCUT2D eigenvalue weighted by Gasteiger charge is 2.30. The fourth-order valence-corrected chi connectivity index (χ4v) is 3.64. The molecular formula is C19H27N3O2. The molecule has 0 aromatic heterocycles. The molecule has 0 spiro atoms. The number of anilines is 1. The lowest BCUT2D eigenvalue weighted by Gasteiger charge is -2.38. The van der Waals surface area contributed by atoms with Crippen LogP contribution in [0.3, 0.4) is 0 Å². The Morgan fingerprint density at radius 2 is 1.42 bits per heavy atom. The Hall–Kier alpha value is -2.04. The van der Waals surface area contributed by atoms with E-state index in [1.807, 2.05) is 9.80 Å². The Morgan fingerprint density at radius 3 is 1.96 bits per heavy atom. The molecule has 0 bridgehead atoms. The number of aryl methyl sites for hydroxylation is 1. The van der Waals surface area contributed by atoms with Gasteiger partial charge < -0.3 is 14.7 Å². The van der Waals surface area contributed by atoms with Crippen LogP contribution in [0, 0.1) is 12.8 Å². The molecule has 1 aromatic carbocycles. The fraction of sp³-hybridized carbons (Fsp3) is 0.579. The predicted molar refractivity (Wildman–Crippen MR) is 95.0 cm³/mol. The van der Waals surface area contributed by atoms with Crippen molar-refractivity contribution >= 4 is 17.5 Å². The van der Waals surface area contributed by atoms with E-state index >= 15 is 0 Å². The second-order valence-electron chi connectivity index (χ2n) is 6.93. The lowest BCUT2D eigenvalue weighted by molar-refractivity contribution is -0.141. The summed E-state index contributed by atoms with van der Waals surface area (Å²) in [5, 5.41) is 0. The number of amides is 2. The highest BCUT2D eigenvalue weighted by atomic mass is 16.2. The standard InChI is InChI=1S/C19H27N3O2/c1-15-3-5-18(6-4-15)21-9-7-17(8-10-21)19(24)22-13-11-20(12-14-22)16(2)23/h3-6,17H,7-14H2,1-2H3. The van der Waals surface area contributed by atoms with Crippen molar-refractivity contribution in [2.75, 3.05) is 44.2 Å². The largest absolute Gasteiger partial charge is 0.371 e. The van der Waals surface area contributed by atoms with Crippen molar-refractivity contribution in [3.8, 4) is 0 Å². The number of rotatable bonds is 2. The Morgan fingerprint density at radius 1 is 0.875 bits per heavy atom. The quantitative estimate of drug-likeness (QED) is 0.832. The SMILES string of the molecule is CC(=O)N1CCN(C(=O)C2CCN(c3ccc(C)cc3)CC2)CC1. The van der Waals surface area contributed by atoms with E-state index in [1.54, 1.807) is 6.92 Å². The summed E-state index contributed by atoms with van der Waals surface area (Å²) < 4.78 is 0. The van der Waals surface area contributed by atoms with E-state index in [1.165, 1.54) is 11.3 Å². The number of carbonyl (C=O) groups excluding carboxylic acids is 2. The maximum atomic E-state index is 12.7. The molecule has 3 rings (SSSR count). The van der Waals surface area contributed by atoms with Gasteiger partial charge in [-0.2, -0.15) is 0 Å². The Balaban J connectivity index is 1.50. The number of piperazine rings is 1. The summed E-state index contributed by atoms with van der Waals surface area (Å²) in [7, 11) is 0. The molecule has 2 heterocycles. The number of nitrogens with zero attached hydrogens (tertiary/aromatic N) is 3. The molecule has 5 heteroatoms. The predicted octanol–water partition coefficient (Wildman–Crippen LogP) is 1.90. The van der Waals surface area contributed by atoms with Gasteiger partial charge in [-0.1, -0.05) is 17.7 Å². The number of hydrogen-bond acceptors (Lipinski definition) is 3. The monoisotopic (exact) mass is 329 g/mol. The van der Waals surface area contributed by atoms with E-state index in [-0.39, 0.29) is 17.7 Å². The van der Waals surface area contributed by atoms with Gasteiger partial charge in [0.2, 0.25) is 11.8 Å². The summed E-state index contributed by atoms with van der Waals surface area (Å²) in [6.45, 7) is 8.26. The number of hydrogen-bond donors (Lipinski definition) is 0. The Bertz CT molecular complexity index is 583. The minimum absolute atomic E-state index is 0.105. The van der Waals surface area contributed by atoms with Crippen LogP contribution < -0.4 is 4.90 Å². The van der Waals surface area contributed by atoms with Crippen LogP contribution in [0.5, 0.6) is 0 Å². The van der Waals surface area contributed by atoms with Crippen LogP contribution in [0.25, 0.3) is 0 Å². The van der Waals surface area contributed by atoms with Crippen LogP contribution in [0.1, 0.15) is 25.3 Å². The molecule has 5 nitrogen and oxygen atoms in total. The average molecular weight is 329 g/mol. The lowest BCUT2D eigenvalue weighted by Crippen LogP contribution is -2.52. The van der Waals surface area contributed by atoms with Gasteiger partial charge >= 0.3 is 0 Å². The highest BCUT2D eigenvalue weighted by molar-refractivity contribution is 5.80. The van der Waals surface area contributed by atoms with Gasteiger partial charge in [-0.3, -0.25) is 9.59 Å². The van der Waals surface area contributed by atoms with Crippen LogP contribution in [-0.2, 0) is 9.59 Å². The highest BCUT2D eigenvalue weighted by Crippen LogP contribution is 2.25. The summed E-state index contributed by atoms with van der Waals surface area (Å²) >= 11 is 0. The van der Waals surface area contributed by atoms with E-state index in [4.69, 9.17) is 0 Å². The summed E-state index contributed by atoms with van der Waals surface area (Å²) in [4.78, 5) is 30.3. The number of piperidine rings is 1. The van der Waals surface area contributed by atoms with Crippen LogP contribution in [0.4, 0.5) is 5.69 Å². The van der Waals surface area contributed by atoms with Crippen LogP contribution in [-0.4, -0.2) is 60.9 Å². The molecule has 24 heavy (non-hydrogen) atoms. The van der Waals surface area contributed by atoms with Gasteiger partial charge in [-0.25, -0.2) is 0 Å². The molecule has 2 saturated heterocycles. The maximum absolute atomic E-state index is 12.7. The van der Waals surface area contributed by atoms with E-state index in [0.717, 1.165) is 25.9 Å². The molecule has 2 amide bonds. The minimum Gasteiger partial charge on any atom is -0.371 e. The summed E-state index contributed by atoms with van der Waals surface area (Å²) in [6, 6.07) is 8.61. The molecule has 2 aliphatic rings. The van der Waals surface area contributed by atoms with Gasteiger partial charge in [0.1, 0.15) is 0 Å². The molecular weight excluding hydrogens is 302 g/mol. The molecule has 2 aliphatic heterocycles. The van der Waals surface area contributed by atoms with E-state index in [2.05, 4.69) is 36.1 Å². The van der Waals surface area contributed by atoms with E-state index < -0.39 is 0 Å². The summed E-state index contributed by atoms with van der Waals surface area (Å²) in [5.74, 6) is 0.519. The first kappa shape index (κ1) is 16.8. The van der Waals surface area contributed by atoms with Gasteiger partial charge in [-0.15, -0.1) is 0 Å². The first-order valence-electron chi connectivity index (χ1n) is 8.90. The lowest BCUT2D eigenvalue weighted by atomic mass is 9.94. The molecule has 0 radical (unpaired) electrons. The smallest absolute Gasteiger partial charge is 0.225 e. The van der Waals surface area contributed by atoms with Crippen molar-refractivity contribution in [2.45, 2.75) is 26.7 Å². The molecule has 0 aliphatic carbocycles. The van der Waals surface area contributed by atoms with E-state index in [9.17, 15) is 9.59 Å². The molecule has 0 unspecified atom stereocenters. The normalized spacial score (nSPS) is 19.5. The maximum Gasteiger partial charge on any atom is 0.225 e. The first-order chi connectivity index (χ1) is 11.5. The van der Waals surface area contributed by atoms with Crippen molar-refractivity contribution in [2.24, 2.45) is 5.92 Å². The Labute approximate surface area is 144 Å². The molecule has 2 fully saturated rings. The number of benzene rings is 1. The van der Waals surface area contributed by atoms with Gasteiger partial charge in [-0.05, 0) is 31.9 Å². The number of carbonyl (C=O) groups is 2. The van der Waals surface area contributed by atoms with Crippen LogP contribution in [0.15, 0.2) is 24.3 Å². The zero-order chi connectivity index (χ0) is 17.1. The topological polar surface area (TPSA) is 43.9 Å². The molecule has 130 valence electrons. The average Bonchev–Trinajstić information content (AvgIpc) is 2.62. The molecule has 0 saturated carbocycles. The Kier molecular flexibility index (Phi) is 5.07. The van der Waals surface area contributed by atoms with Gasteiger partial charge in [0.15, 0.2) is 0 Å². The zero-order valence-corrected chi connectivity index (χ0v) is 14.7. The van der Waals surface area contributed by atoms with Gasteiger partial charge in [0, 0.05) is 57.8 Å². The third kappa shape index (κ3) is 3.71. The molecule has 0 atom stereocenters. The second kappa shape index (κ2) is 7.24. The van der Waals surface area contributed by atoms with Crippen molar-refractivity contribution in [3.63, 3.8) is 0 Å². The minimum atomic E-state index is 0.105. The van der Waals surface area contributed by atoms with Crippen LogP contribution in [0.2, 0.25) is 0 Å². The second-order valence-corrected chi connectivity index (χ2v) is 6.93. The van der Waals surface area contributed by atoms with Gasteiger partial charge in [0.05, 0.1) is 0 Å². The van der Waals surface area contributed by atoms with Crippen LogP contribution >= 0.6 is 0 Å². The van der Waals surface area contributed by atoms with Crippen molar-refractivity contribution < 1.29 is 9.59 Å².